The summed E-state index contributed by atoms with van der Waals surface area (Å²) in [5, 5.41) is 3.63. The molecule has 2 saturated heterocycles. The summed E-state index contributed by atoms with van der Waals surface area (Å²) in [6.45, 7) is 0. The van der Waals surface area contributed by atoms with Crippen molar-refractivity contribution in [1.82, 2.24) is 5.32 Å². The molecule has 21 heavy (non-hydrogen) atoms. The van der Waals surface area contributed by atoms with Gasteiger partial charge in [0, 0.05) is 35.0 Å². The number of rotatable bonds is 5. The number of methoxy groups -OCH3 is 1. The highest BCUT2D eigenvalue weighted by atomic mass is 79.9. The molecule has 1 N–H and O–H groups in total. The van der Waals surface area contributed by atoms with Crippen LogP contribution >= 0.6 is 15.9 Å². The molecule has 0 saturated carbocycles. The topological polar surface area (TPSA) is 38.3 Å². The highest BCUT2D eigenvalue weighted by Gasteiger charge is 2.34. The number of ether oxygens (including phenoxy) is 1. The minimum Gasteiger partial charge on any atom is -0.496 e. The lowest BCUT2D eigenvalue weighted by Gasteiger charge is -2.28. The fourth-order valence-electron chi connectivity index (χ4n) is 3.83. The quantitative estimate of drug-likeness (QED) is 0.882. The maximum atomic E-state index is 12.4. The lowest BCUT2D eigenvalue weighted by atomic mass is 9.87. The molecule has 0 amide bonds. The molecule has 0 aromatic heterocycles. The summed E-state index contributed by atoms with van der Waals surface area (Å²) in [7, 11) is 1.65. The highest BCUT2D eigenvalue weighted by molar-refractivity contribution is 9.10. The molecular weight excluding hydrogens is 330 g/mol. The van der Waals surface area contributed by atoms with Crippen LogP contribution in [0.25, 0.3) is 0 Å². The van der Waals surface area contributed by atoms with Crippen molar-refractivity contribution < 1.29 is 9.53 Å². The third-order valence-corrected chi connectivity index (χ3v) is 5.21. The van der Waals surface area contributed by atoms with Crippen LogP contribution in [0, 0.1) is 5.92 Å². The van der Waals surface area contributed by atoms with E-state index in [0.29, 0.717) is 36.6 Å². The van der Waals surface area contributed by atoms with Crippen LogP contribution in [0.2, 0.25) is 0 Å². The Kier molecular flexibility index (Phi) is 4.65. The first kappa shape index (κ1) is 15.0. The molecule has 2 aliphatic rings. The number of hydrogen-bond donors (Lipinski definition) is 1. The first-order valence-electron chi connectivity index (χ1n) is 7.74. The van der Waals surface area contributed by atoms with Crippen molar-refractivity contribution in [3.05, 3.63) is 28.2 Å². The van der Waals surface area contributed by atoms with Gasteiger partial charge in [0.1, 0.15) is 11.5 Å². The van der Waals surface area contributed by atoms with Gasteiger partial charge in [0.15, 0.2) is 0 Å². The predicted molar refractivity (Wildman–Crippen MR) is 86.7 cm³/mol. The van der Waals surface area contributed by atoms with Gasteiger partial charge in [-0.15, -0.1) is 0 Å². The number of fused-ring (bicyclic) bond motifs is 2. The number of benzene rings is 1. The molecule has 1 aromatic rings. The van der Waals surface area contributed by atoms with Gasteiger partial charge in [-0.05, 0) is 49.8 Å². The van der Waals surface area contributed by atoms with Crippen molar-refractivity contribution >= 4 is 21.7 Å². The van der Waals surface area contributed by atoms with Crippen molar-refractivity contribution in [1.29, 1.82) is 0 Å². The fraction of sp³-hybridized carbons (Fsp3) is 0.588. The zero-order valence-electron chi connectivity index (χ0n) is 12.4. The normalized spacial score (nSPS) is 27.6. The van der Waals surface area contributed by atoms with E-state index in [4.69, 9.17) is 4.74 Å². The van der Waals surface area contributed by atoms with Gasteiger partial charge in [-0.1, -0.05) is 15.9 Å². The Morgan fingerprint density at radius 2 is 2.05 bits per heavy atom. The van der Waals surface area contributed by atoms with Crippen LogP contribution < -0.4 is 10.1 Å². The van der Waals surface area contributed by atoms with Crippen LogP contribution in [0.15, 0.2) is 22.7 Å². The summed E-state index contributed by atoms with van der Waals surface area (Å²) < 4.78 is 6.34. The van der Waals surface area contributed by atoms with Gasteiger partial charge < -0.3 is 10.1 Å². The zero-order valence-corrected chi connectivity index (χ0v) is 14.0. The lowest BCUT2D eigenvalue weighted by molar-refractivity contribution is -0.119. The average Bonchev–Trinajstić information content (AvgIpc) is 2.78. The fourth-order valence-corrected chi connectivity index (χ4v) is 4.24. The number of halogens is 1. The van der Waals surface area contributed by atoms with Crippen molar-refractivity contribution in [2.75, 3.05) is 7.11 Å². The molecule has 4 heteroatoms. The number of nitrogens with one attached hydrogen (secondary N) is 1. The van der Waals surface area contributed by atoms with E-state index in [1.807, 2.05) is 18.2 Å². The molecule has 1 aromatic carbocycles. The smallest absolute Gasteiger partial charge is 0.137 e. The standard InChI is InChI=1S/C17H22BrNO2/c1-21-17-5-2-13(18)9-12(17)10-16(20)8-11-6-14-3-4-15(7-11)19-14/h2,5,9,11,14-15,19H,3-4,6-8,10H2,1H3. The molecule has 2 fully saturated rings. The van der Waals surface area contributed by atoms with Crippen LogP contribution in [0.1, 0.15) is 37.7 Å². The Bertz CT molecular complexity index is 520. The summed E-state index contributed by atoms with van der Waals surface area (Å²) in [5.74, 6) is 1.70. The van der Waals surface area contributed by atoms with Crippen molar-refractivity contribution in [3.63, 3.8) is 0 Å². The van der Waals surface area contributed by atoms with Gasteiger partial charge in [-0.3, -0.25) is 4.79 Å². The Morgan fingerprint density at radius 3 is 2.71 bits per heavy atom. The molecule has 2 bridgehead atoms. The van der Waals surface area contributed by atoms with E-state index in [-0.39, 0.29) is 0 Å². The van der Waals surface area contributed by atoms with E-state index < -0.39 is 0 Å². The molecule has 3 nitrogen and oxygen atoms in total. The number of ketones is 1. The third kappa shape index (κ3) is 3.67. The third-order valence-electron chi connectivity index (χ3n) is 4.72. The van der Waals surface area contributed by atoms with Crippen LogP contribution in [0.5, 0.6) is 5.75 Å². The van der Waals surface area contributed by atoms with Crippen molar-refractivity contribution in [2.45, 2.75) is 50.6 Å². The summed E-state index contributed by atoms with van der Waals surface area (Å²) in [6, 6.07) is 7.15. The largest absolute Gasteiger partial charge is 0.496 e. The number of piperidine rings is 1. The van der Waals surface area contributed by atoms with E-state index in [0.717, 1.165) is 28.6 Å². The van der Waals surface area contributed by atoms with Gasteiger partial charge in [0.2, 0.25) is 0 Å². The molecule has 114 valence electrons. The molecule has 3 rings (SSSR count). The predicted octanol–water partition coefficient (Wildman–Crippen LogP) is 3.49. The Labute approximate surface area is 134 Å². The Hall–Kier alpha value is -0.870. The molecule has 2 heterocycles. The molecule has 2 unspecified atom stereocenters. The van der Waals surface area contributed by atoms with Gasteiger partial charge in [-0.25, -0.2) is 0 Å². The average molecular weight is 352 g/mol. The second kappa shape index (κ2) is 6.49. The monoisotopic (exact) mass is 351 g/mol. The highest BCUT2D eigenvalue weighted by Crippen LogP contribution is 2.33. The van der Waals surface area contributed by atoms with E-state index >= 15 is 0 Å². The summed E-state index contributed by atoms with van der Waals surface area (Å²) in [4.78, 5) is 12.4. The van der Waals surface area contributed by atoms with Gasteiger partial charge in [0.25, 0.3) is 0 Å². The molecule has 0 radical (unpaired) electrons. The van der Waals surface area contributed by atoms with E-state index in [2.05, 4.69) is 21.2 Å². The lowest BCUT2D eigenvalue weighted by Crippen LogP contribution is -2.38. The van der Waals surface area contributed by atoms with E-state index in [9.17, 15) is 4.79 Å². The van der Waals surface area contributed by atoms with Crippen molar-refractivity contribution in [3.8, 4) is 5.75 Å². The molecule has 2 atom stereocenters. The first-order valence-corrected chi connectivity index (χ1v) is 8.53. The summed E-state index contributed by atoms with van der Waals surface area (Å²) in [6.07, 6.45) is 6.09. The maximum Gasteiger partial charge on any atom is 0.137 e. The molecule has 0 aliphatic carbocycles. The maximum absolute atomic E-state index is 12.4. The second-order valence-electron chi connectivity index (χ2n) is 6.35. The number of hydrogen-bond acceptors (Lipinski definition) is 3. The van der Waals surface area contributed by atoms with Gasteiger partial charge >= 0.3 is 0 Å². The second-order valence-corrected chi connectivity index (χ2v) is 7.27. The minimum atomic E-state index is 0.331. The SMILES string of the molecule is COc1ccc(Br)cc1CC(=O)CC1CC2CCC(C1)N2. The molecule has 0 spiro atoms. The van der Waals surface area contributed by atoms with Crippen LogP contribution in [0.4, 0.5) is 0 Å². The summed E-state index contributed by atoms with van der Waals surface area (Å²) >= 11 is 3.46. The van der Waals surface area contributed by atoms with Crippen LogP contribution in [0.3, 0.4) is 0 Å². The van der Waals surface area contributed by atoms with Crippen LogP contribution in [-0.2, 0) is 11.2 Å². The Morgan fingerprint density at radius 1 is 1.33 bits per heavy atom. The Balaban J connectivity index is 1.60. The minimum absolute atomic E-state index is 0.331. The molecule has 2 aliphatic heterocycles. The van der Waals surface area contributed by atoms with E-state index in [1.54, 1.807) is 7.11 Å². The van der Waals surface area contributed by atoms with Crippen LogP contribution in [-0.4, -0.2) is 25.0 Å². The summed E-state index contributed by atoms with van der Waals surface area (Å²) in [5.41, 5.74) is 0.980. The van der Waals surface area contributed by atoms with Crippen molar-refractivity contribution in [2.24, 2.45) is 5.92 Å². The zero-order chi connectivity index (χ0) is 14.8. The van der Waals surface area contributed by atoms with Gasteiger partial charge in [-0.2, -0.15) is 0 Å². The number of Topliss-reactive ketones (excluding diaryl/α,β-unsaturated/α-hetero) is 1. The number of carbonyl (C=O) groups excluding carboxylic acids is 1. The van der Waals surface area contributed by atoms with Gasteiger partial charge in [0.05, 0.1) is 7.11 Å². The number of carbonyl (C=O) groups is 1. The first-order chi connectivity index (χ1) is 10.1. The van der Waals surface area contributed by atoms with E-state index in [1.165, 1.54) is 12.8 Å². The molecular formula is C17H22BrNO2.